The van der Waals surface area contributed by atoms with Crippen molar-refractivity contribution in [3.63, 3.8) is 0 Å². The van der Waals surface area contributed by atoms with Gasteiger partial charge in [-0.05, 0) is 95.8 Å². The van der Waals surface area contributed by atoms with Crippen molar-refractivity contribution in [2.75, 3.05) is 37.8 Å². The average molecular weight is 778 g/mol. The van der Waals surface area contributed by atoms with E-state index in [-0.39, 0.29) is 36.3 Å². The van der Waals surface area contributed by atoms with Gasteiger partial charge in [0.25, 0.3) is 0 Å². The number of amides is 1. The fraction of sp³-hybridized carbons (Fsp3) is 0.641. The van der Waals surface area contributed by atoms with Crippen molar-refractivity contribution in [2.45, 2.75) is 129 Å². The molecule has 53 heavy (non-hydrogen) atoms. The highest BCUT2D eigenvalue weighted by atomic mass is 32.1. The van der Waals surface area contributed by atoms with Crippen LogP contribution in [0.2, 0.25) is 18.1 Å². The number of alkyl halides is 3. The van der Waals surface area contributed by atoms with Crippen molar-refractivity contribution in [1.82, 2.24) is 9.88 Å². The predicted molar refractivity (Wildman–Crippen MR) is 204 cm³/mol. The Morgan fingerprint density at radius 3 is 2.49 bits per heavy atom. The van der Waals surface area contributed by atoms with Gasteiger partial charge in [0.15, 0.2) is 14.6 Å². The van der Waals surface area contributed by atoms with E-state index in [1.807, 2.05) is 33.8 Å². The van der Waals surface area contributed by atoms with Gasteiger partial charge >= 0.3 is 12.3 Å². The van der Waals surface area contributed by atoms with Crippen LogP contribution in [0.25, 0.3) is 21.3 Å². The number of anilines is 1. The Morgan fingerprint density at radius 2 is 1.83 bits per heavy atom. The van der Waals surface area contributed by atoms with Crippen LogP contribution in [0.4, 0.5) is 23.7 Å². The van der Waals surface area contributed by atoms with E-state index in [4.69, 9.17) is 23.4 Å². The van der Waals surface area contributed by atoms with Crippen molar-refractivity contribution >= 4 is 41.7 Å². The zero-order chi connectivity index (χ0) is 38.6. The highest BCUT2D eigenvalue weighted by molar-refractivity contribution is 7.19. The van der Waals surface area contributed by atoms with Crippen molar-refractivity contribution in [3.8, 4) is 16.9 Å². The van der Waals surface area contributed by atoms with Crippen LogP contribution in [0.1, 0.15) is 84.6 Å². The zero-order valence-corrected chi connectivity index (χ0v) is 34.3. The minimum absolute atomic E-state index is 0.0266. The van der Waals surface area contributed by atoms with Crippen molar-refractivity contribution < 1.29 is 41.3 Å². The molecule has 2 saturated heterocycles. The second-order valence-electron chi connectivity index (χ2n) is 17.3. The summed E-state index contributed by atoms with van der Waals surface area (Å²) < 4.78 is 74.9. The van der Waals surface area contributed by atoms with E-state index in [0.29, 0.717) is 55.1 Å². The third-order valence-electron chi connectivity index (χ3n) is 10.9. The summed E-state index contributed by atoms with van der Waals surface area (Å²) >= 11 is 1.49. The smallest absolute Gasteiger partial charge is 0.416 e. The second kappa shape index (κ2) is 14.6. The van der Waals surface area contributed by atoms with Gasteiger partial charge in [0.05, 0.1) is 46.8 Å². The molecule has 6 rings (SSSR count). The maximum absolute atomic E-state index is 14.5. The predicted octanol–water partition coefficient (Wildman–Crippen LogP) is 10.0. The minimum Gasteiger partial charge on any atom is -0.490 e. The number of benzene rings is 1. The van der Waals surface area contributed by atoms with Gasteiger partial charge in [-0.15, -0.1) is 11.3 Å². The van der Waals surface area contributed by atoms with Crippen LogP contribution in [0, 0.1) is 0 Å². The number of likely N-dealkylation sites (tertiary alicyclic amines) is 1. The lowest BCUT2D eigenvalue weighted by molar-refractivity contribution is -0.177. The van der Waals surface area contributed by atoms with Gasteiger partial charge in [-0.1, -0.05) is 20.8 Å². The number of aromatic nitrogens is 1. The Bertz CT molecular complexity index is 1800. The molecule has 0 radical (unpaired) electrons. The molecule has 0 aliphatic carbocycles. The highest BCUT2D eigenvalue weighted by Gasteiger charge is 2.50. The molecule has 1 aromatic carbocycles. The van der Waals surface area contributed by atoms with Gasteiger partial charge in [0.2, 0.25) is 0 Å². The van der Waals surface area contributed by atoms with Crippen LogP contribution >= 0.6 is 11.3 Å². The number of pyridine rings is 1. The number of carbonyl (C=O) groups excluding carboxylic acids is 1. The lowest BCUT2D eigenvalue weighted by atomic mass is 9.94. The largest absolute Gasteiger partial charge is 0.490 e. The summed E-state index contributed by atoms with van der Waals surface area (Å²) in [6.07, 6.45) is -0.501. The minimum atomic E-state index is -4.60. The van der Waals surface area contributed by atoms with E-state index in [2.05, 4.69) is 43.7 Å². The molecule has 0 N–H and O–H groups in total. The van der Waals surface area contributed by atoms with E-state index < -0.39 is 37.3 Å². The molecule has 0 bridgehead atoms. The van der Waals surface area contributed by atoms with Crippen molar-refractivity contribution in [2.24, 2.45) is 0 Å². The van der Waals surface area contributed by atoms with Gasteiger partial charge in [-0.2, -0.15) is 13.2 Å². The summed E-state index contributed by atoms with van der Waals surface area (Å²) in [6, 6.07) is 5.81. The lowest BCUT2D eigenvalue weighted by Gasteiger charge is -2.38. The van der Waals surface area contributed by atoms with Gasteiger partial charge in [-0.3, -0.25) is 9.88 Å². The molecule has 1 amide bonds. The summed E-state index contributed by atoms with van der Waals surface area (Å²) in [6.45, 7) is 20.6. The molecule has 2 fully saturated rings. The number of rotatable bonds is 8. The third kappa shape index (κ3) is 8.66. The van der Waals surface area contributed by atoms with E-state index in [1.165, 1.54) is 17.4 Å². The maximum Gasteiger partial charge on any atom is 0.416 e. The van der Waals surface area contributed by atoms with Crippen molar-refractivity contribution in [3.05, 3.63) is 40.9 Å². The first-order valence-electron chi connectivity index (χ1n) is 18.6. The summed E-state index contributed by atoms with van der Waals surface area (Å²) in [5, 5.41) is 0.0266. The van der Waals surface area contributed by atoms with Gasteiger partial charge < -0.3 is 28.3 Å². The van der Waals surface area contributed by atoms with Crippen LogP contribution in [0.5, 0.6) is 5.75 Å². The summed E-state index contributed by atoms with van der Waals surface area (Å²) in [5.41, 5.74) is 0.0294. The molecule has 292 valence electrons. The quantitative estimate of drug-likeness (QED) is 0.209. The number of hydrogen-bond donors (Lipinski definition) is 0. The molecule has 3 aromatic rings. The number of fused-ring (bicyclic) bond motifs is 2. The fourth-order valence-corrected chi connectivity index (χ4v) is 9.15. The van der Waals surface area contributed by atoms with E-state index in [9.17, 15) is 18.0 Å². The van der Waals surface area contributed by atoms with Crippen LogP contribution in [-0.4, -0.2) is 80.7 Å². The lowest BCUT2D eigenvalue weighted by Crippen LogP contribution is -2.50. The summed E-state index contributed by atoms with van der Waals surface area (Å²) in [5.74, 6) is 0.161. The van der Waals surface area contributed by atoms with E-state index >= 15 is 0 Å². The molecule has 0 spiro atoms. The van der Waals surface area contributed by atoms with Crippen LogP contribution in [-0.2, 0) is 31.4 Å². The number of thiophene rings is 1. The standard InChI is InChI=1S/C39H54F3N3O6SSi/c1-36(2,3)51-35(46)45-22-26(21-38(45,7)24-49-32-12-10-11-16-48-32)44-15-17-47-31-19-25(39(40,41)42)18-29(33(31)44)28-13-14-43-30-20-27(52-34(28)30)23-50-53(8,9)37(4,5)6/h13-14,18-20,26,32H,10-12,15-17,21-24H2,1-9H3/t26-,32?,38+/m0/s1. The molecule has 9 nitrogen and oxygen atoms in total. The SMILES string of the molecule is CC(C)(C)OC(=O)N1C[C@@H](N2CCOc3cc(C(F)(F)F)cc(-c4ccnc5cc(CO[Si](C)(C)C(C)(C)C)sc45)c32)C[C@]1(C)COC1CCCCO1. The number of halogens is 3. The third-order valence-corrected chi connectivity index (χ3v) is 16.5. The number of ether oxygens (including phenoxy) is 4. The van der Waals surface area contributed by atoms with Crippen LogP contribution < -0.4 is 9.64 Å². The molecule has 1 unspecified atom stereocenters. The first kappa shape index (κ1) is 39.8. The number of carbonyl (C=O) groups is 1. The Labute approximate surface area is 316 Å². The Hall–Kier alpha value is -2.91. The highest BCUT2D eigenvalue weighted by Crippen LogP contribution is 2.50. The number of hydrogen-bond acceptors (Lipinski definition) is 9. The van der Waals surface area contributed by atoms with E-state index in [0.717, 1.165) is 34.9 Å². The molecular weight excluding hydrogens is 724 g/mol. The van der Waals surface area contributed by atoms with Gasteiger partial charge in [-0.25, -0.2) is 4.79 Å². The summed E-state index contributed by atoms with van der Waals surface area (Å²) in [4.78, 5) is 23.2. The Balaban J connectivity index is 1.40. The first-order chi connectivity index (χ1) is 24.7. The normalized spacial score (nSPS) is 22.9. The van der Waals surface area contributed by atoms with E-state index in [1.54, 1.807) is 17.2 Å². The average Bonchev–Trinajstić information content (AvgIpc) is 3.65. The molecule has 3 atom stereocenters. The molecule has 2 aromatic heterocycles. The molecule has 3 aliphatic rings. The van der Waals surface area contributed by atoms with Crippen LogP contribution in [0.15, 0.2) is 30.5 Å². The van der Waals surface area contributed by atoms with Crippen molar-refractivity contribution in [1.29, 1.82) is 0 Å². The number of nitrogens with zero attached hydrogens (tertiary/aromatic N) is 3. The molecule has 0 saturated carbocycles. The fourth-order valence-electron chi connectivity index (χ4n) is 7.04. The molecule has 3 aliphatic heterocycles. The second-order valence-corrected chi connectivity index (χ2v) is 23.2. The zero-order valence-electron chi connectivity index (χ0n) is 32.4. The topological polar surface area (TPSA) is 82.6 Å². The summed E-state index contributed by atoms with van der Waals surface area (Å²) in [7, 11) is -2.06. The molecule has 14 heteroatoms. The van der Waals surface area contributed by atoms with Gasteiger partial charge in [0, 0.05) is 41.4 Å². The Kier molecular flexibility index (Phi) is 11.0. The first-order valence-corrected chi connectivity index (χ1v) is 22.3. The van der Waals surface area contributed by atoms with Gasteiger partial charge in [0.1, 0.15) is 18.0 Å². The molecular formula is C39H54F3N3O6SSi. The van der Waals surface area contributed by atoms with Crippen LogP contribution in [0.3, 0.4) is 0 Å². The monoisotopic (exact) mass is 777 g/mol. The molecule has 5 heterocycles. The maximum atomic E-state index is 14.5. The Morgan fingerprint density at radius 1 is 1.08 bits per heavy atom.